The molecule has 0 saturated carbocycles. The number of aromatic nitrogens is 1. The maximum absolute atomic E-state index is 6.39. The molecule has 1 aromatic carbocycles. The van der Waals surface area contributed by atoms with Gasteiger partial charge in [-0.05, 0) is 43.4 Å². The Morgan fingerprint density at radius 2 is 2.28 bits per heavy atom. The topological polar surface area (TPSA) is 38.9 Å². The van der Waals surface area contributed by atoms with Gasteiger partial charge in [-0.3, -0.25) is 0 Å². The van der Waals surface area contributed by atoms with Gasteiger partial charge in [0, 0.05) is 15.8 Å². The van der Waals surface area contributed by atoms with Gasteiger partial charge in [-0.2, -0.15) is 0 Å². The highest BCUT2D eigenvalue weighted by Crippen LogP contribution is 2.43. The Balaban J connectivity index is 2.14. The molecule has 1 aliphatic rings. The molecule has 0 saturated heterocycles. The Morgan fingerprint density at radius 3 is 3.06 bits per heavy atom. The van der Waals surface area contributed by atoms with Crippen molar-refractivity contribution in [1.29, 1.82) is 0 Å². The van der Waals surface area contributed by atoms with Gasteiger partial charge in [0.15, 0.2) is 5.13 Å². The van der Waals surface area contributed by atoms with Gasteiger partial charge in [0.25, 0.3) is 0 Å². The monoisotopic (exact) mass is 278 g/mol. The number of benzene rings is 1. The largest absolute Gasteiger partial charge is 0.375 e. The highest BCUT2D eigenvalue weighted by molar-refractivity contribution is 7.15. The smallest absolute Gasteiger partial charge is 0.180 e. The van der Waals surface area contributed by atoms with Crippen LogP contribution < -0.4 is 5.73 Å². The van der Waals surface area contributed by atoms with Crippen molar-refractivity contribution in [3.05, 3.63) is 44.9 Å². The van der Waals surface area contributed by atoms with Crippen molar-refractivity contribution in [3.63, 3.8) is 0 Å². The van der Waals surface area contributed by atoms with Crippen LogP contribution >= 0.6 is 22.9 Å². The molecule has 94 valence electrons. The van der Waals surface area contributed by atoms with Crippen molar-refractivity contribution in [2.75, 3.05) is 5.73 Å². The molecule has 0 spiro atoms. The summed E-state index contributed by atoms with van der Waals surface area (Å²) in [6.45, 7) is 2.12. The zero-order valence-electron chi connectivity index (χ0n) is 10.2. The van der Waals surface area contributed by atoms with Gasteiger partial charge in [0.05, 0.1) is 5.69 Å². The van der Waals surface area contributed by atoms with Gasteiger partial charge in [-0.25, -0.2) is 4.98 Å². The molecule has 0 radical (unpaired) electrons. The van der Waals surface area contributed by atoms with Crippen LogP contribution in [0.4, 0.5) is 5.13 Å². The summed E-state index contributed by atoms with van der Waals surface area (Å²) >= 11 is 8.01. The first-order valence-corrected chi connectivity index (χ1v) is 7.36. The lowest BCUT2D eigenvalue weighted by Gasteiger charge is -2.24. The number of hydrogen-bond donors (Lipinski definition) is 1. The standard InChI is InChI=1S/C14H15ClN2S/c1-8-4-2-6-10(15)12(8)9-5-3-7-11-13(9)18-14(16)17-11/h2,4,6,9H,3,5,7H2,1H3,(H2,16,17). The Bertz CT molecular complexity index is 571. The van der Waals surface area contributed by atoms with E-state index < -0.39 is 0 Å². The highest BCUT2D eigenvalue weighted by Gasteiger charge is 2.27. The van der Waals surface area contributed by atoms with E-state index in [0.29, 0.717) is 11.0 Å². The van der Waals surface area contributed by atoms with Crippen molar-refractivity contribution >= 4 is 28.1 Å². The van der Waals surface area contributed by atoms with E-state index in [-0.39, 0.29) is 0 Å². The Morgan fingerprint density at radius 1 is 1.44 bits per heavy atom. The number of hydrogen-bond acceptors (Lipinski definition) is 3. The highest BCUT2D eigenvalue weighted by atomic mass is 35.5. The fraction of sp³-hybridized carbons (Fsp3) is 0.357. The minimum atomic E-state index is 0.372. The molecule has 2 aromatic rings. The number of nitrogens with zero attached hydrogens (tertiary/aromatic N) is 1. The molecule has 0 aliphatic heterocycles. The third-order valence-electron chi connectivity index (χ3n) is 3.59. The minimum Gasteiger partial charge on any atom is -0.375 e. The van der Waals surface area contributed by atoms with Gasteiger partial charge in [0.1, 0.15) is 0 Å². The second-order valence-corrected chi connectivity index (χ2v) is 6.25. The molecule has 4 heteroatoms. The molecule has 0 amide bonds. The maximum atomic E-state index is 6.39. The third-order valence-corrected chi connectivity index (χ3v) is 4.96. The lowest BCUT2D eigenvalue weighted by molar-refractivity contribution is 0.615. The molecule has 1 aliphatic carbocycles. The second-order valence-electron chi connectivity index (χ2n) is 4.78. The molecular weight excluding hydrogens is 264 g/mol. The van der Waals surface area contributed by atoms with Crippen LogP contribution in [0.5, 0.6) is 0 Å². The average Bonchev–Trinajstić information content (AvgIpc) is 2.70. The number of nitrogens with two attached hydrogens (primary N) is 1. The summed E-state index contributed by atoms with van der Waals surface area (Å²) in [6, 6.07) is 6.11. The fourth-order valence-electron chi connectivity index (χ4n) is 2.80. The predicted octanol–water partition coefficient (Wildman–Crippen LogP) is 4.16. The van der Waals surface area contributed by atoms with Crippen LogP contribution in [0.15, 0.2) is 18.2 Å². The summed E-state index contributed by atoms with van der Waals surface area (Å²) in [7, 11) is 0. The molecule has 1 heterocycles. The van der Waals surface area contributed by atoms with Gasteiger partial charge in [-0.1, -0.05) is 23.7 Å². The van der Waals surface area contributed by atoms with E-state index in [0.717, 1.165) is 24.3 Å². The van der Waals surface area contributed by atoms with E-state index in [9.17, 15) is 0 Å². The molecular formula is C14H15ClN2S. The van der Waals surface area contributed by atoms with Crippen LogP contribution in [0.3, 0.4) is 0 Å². The Labute approximate surface area is 116 Å². The summed E-state index contributed by atoms with van der Waals surface area (Å²) in [4.78, 5) is 5.75. The van der Waals surface area contributed by atoms with Crippen LogP contribution in [0.1, 0.15) is 40.5 Å². The van der Waals surface area contributed by atoms with E-state index in [4.69, 9.17) is 17.3 Å². The summed E-state index contributed by atoms with van der Waals surface area (Å²) in [5.41, 5.74) is 9.53. The third kappa shape index (κ3) is 1.91. The molecule has 18 heavy (non-hydrogen) atoms. The summed E-state index contributed by atoms with van der Waals surface area (Å²) in [5.74, 6) is 0.372. The molecule has 1 aromatic heterocycles. The van der Waals surface area contributed by atoms with E-state index in [1.165, 1.54) is 21.7 Å². The molecule has 1 atom stereocenters. The molecule has 2 nitrogen and oxygen atoms in total. The number of rotatable bonds is 1. The van der Waals surface area contributed by atoms with Crippen LogP contribution in [-0.4, -0.2) is 4.98 Å². The van der Waals surface area contributed by atoms with Gasteiger partial charge in [0.2, 0.25) is 0 Å². The van der Waals surface area contributed by atoms with Gasteiger partial charge in [-0.15, -0.1) is 11.3 Å². The van der Waals surface area contributed by atoms with Crippen LogP contribution in [-0.2, 0) is 6.42 Å². The quantitative estimate of drug-likeness (QED) is 0.851. The SMILES string of the molecule is Cc1cccc(Cl)c1C1CCCc2nc(N)sc21. The van der Waals surface area contributed by atoms with Crippen molar-refractivity contribution in [2.45, 2.75) is 32.1 Å². The molecule has 2 N–H and O–H groups in total. The van der Waals surface area contributed by atoms with E-state index in [1.54, 1.807) is 11.3 Å². The van der Waals surface area contributed by atoms with Crippen LogP contribution in [0.2, 0.25) is 5.02 Å². The van der Waals surface area contributed by atoms with Gasteiger partial charge < -0.3 is 5.73 Å². The molecule has 0 fully saturated rings. The number of fused-ring (bicyclic) bond motifs is 1. The summed E-state index contributed by atoms with van der Waals surface area (Å²) < 4.78 is 0. The van der Waals surface area contributed by atoms with E-state index in [1.807, 2.05) is 12.1 Å². The van der Waals surface area contributed by atoms with Crippen molar-refractivity contribution in [2.24, 2.45) is 0 Å². The van der Waals surface area contributed by atoms with Crippen LogP contribution in [0, 0.1) is 6.92 Å². The van der Waals surface area contributed by atoms with Crippen molar-refractivity contribution in [1.82, 2.24) is 4.98 Å². The molecule has 3 rings (SSSR count). The number of nitrogen functional groups attached to an aromatic ring is 1. The van der Waals surface area contributed by atoms with Gasteiger partial charge >= 0.3 is 0 Å². The Hall–Kier alpha value is -1.06. The first kappa shape index (κ1) is 12.0. The average molecular weight is 279 g/mol. The molecule has 0 bridgehead atoms. The first-order valence-electron chi connectivity index (χ1n) is 6.17. The number of anilines is 1. The predicted molar refractivity (Wildman–Crippen MR) is 77.5 cm³/mol. The normalized spacial score (nSPS) is 18.7. The van der Waals surface area contributed by atoms with Crippen LogP contribution in [0.25, 0.3) is 0 Å². The zero-order chi connectivity index (χ0) is 12.7. The van der Waals surface area contributed by atoms with Crippen molar-refractivity contribution in [3.8, 4) is 0 Å². The maximum Gasteiger partial charge on any atom is 0.180 e. The molecule has 1 unspecified atom stereocenters. The number of thiazole rings is 1. The van der Waals surface area contributed by atoms with Crippen molar-refractivity contribution < 1.29 is 0 Å². The second kappa shape index (κ2) is 4.56. The lowest BCUT2D eigenvalue weighted by atomic mass is 9.84. The zero-order valence-corrected chi connectivity index (χ0v) is 11.8. The fourth-order valence-corrected chi connectivity index (χ4v) is 4.18. The summed E-state index contributed by atoms with van der Waals surface area (Å²) in [6.07, 6.45) is 3.34. The number of aryl methyl sites for hydroxylation is 2. The van der Waals surface area contributed by atoms with E-state index >= 15 is 0 Å². The minimum absolute atomic E-state index is 0.372. The lowest BCUT2D eigenvalue weighted by Crippen LogP contribution is -2.10. The van der Waals surface area contributed by atoms with E-state index in [2.05, 4.69) is 18.0 Å². The Kier molecular flexibility index (Phi) is 3.04. The first-order chi connectivity index (χ1) is 8.66. The summed E-state index contributed by atoms with van der Waals surface area (Å²) in [5, 5.41) is 1.54. The number of halogens is 1.